The summed E-state index contributed by atoms with van der Waals surface area (Å²) in [4.78, 5) is 14.7. The summed E-state index contributed by atoms with van der Waals surface area (Å²) in [6.45, 7) is 2.70. The molecule has 1 aliphatic heterocycles. The predicted molar refractivity (Wildman–Crippen MR) is 89.3 cm³/mol. The van der Waals surface area contributed by atoms with Crippen LogP contribution in [0.5, 0.6) is 0 Å². The molecule has 2 heterocycles. The zero-order valence-corrected chi connectivity index (χ0v) is 14.4. The molecular weight excluding hydrogens is 304 g/mol. The molecule has 6 nitrogen and oxygen atoms in total. The Morgan fingerprint density at radius 1 is 1.04 bits per heavy atom. The first-order valence-corrected chi connectivity index (χ1v) is 9.63. The Hall–Kier alpha value is -1.43. The SMILES string of the molecule is O=C(NC1CCN(Cc2nnc(C3CC3)o2)CC1)C1CCCCC1. The van der Waals surface area contributed by atoms with Gasteiger partial charge in [-0.05, 0) is 38.5 Å². The van der Waals surface area contributed by atoms with Crippen molar-refractivity contribution in [3.8, 4) is 0 Å². The lowest BCUT2D eigenvalue weighted by atomic mass is 9.88. The number of hydrogen-bond acceptors (Lipinski definition) is 5. The largest absolute Gasteiger partial charge is 0.424 e. The van der Waals surface area contributed by atoms with Crippen LogP contribution in [0.3, 0.4) is 0 Å². The number of carbonyl (C=O) groups excluding carboxylic acids is 1. The number of rotatable bonds is 5. The molecule has 0 aromatic carbocycles. The summed E-state index contributed by atoms with van der Waals surface area (Å²) in [5.41, 5.74) is 0. The standard InChI is InChI=1S/C18H28N4O2/c23-17(13-4-2-1-3-5-13)19-15-8-10-22(11-9-15)12-16-20-21-18(24-16)14-6-7-14/h13-15H,1-12H2,(H,19,23). The highest BCUT2D eigenvalue weighted by molar-refractivity contribution is 5.79. The van der Waals surface area contributed by atoms with Gasteiger partial charge in [-0.25, -0.2) is 0 Å². The summed E-state index contributed by atoms with van der Waals surface area (Å²) < 4.78 is 5.75. The summed E-state index contributed by atoms with van der Waals surface area (Å²) in [6.07, 6.45) is 10.3. The van der Waals surface area contributed by atoms with Crippen LogP contribution in [0.25, 0.3) is 0 Å². The Kier molecular flexibility index (Phi) is 4.83. The highest BCUT2D eigenvalue weighted by Crippen LogP contribution is 2.39. The minimum Gasteiger partial charge on any atom is -0.424 e. The van der Waals surface area contributed by atoms with Gasteiger partial charge in [-0.1, -0.05) is 19.3 Å². The van der Waals surface area contributed by atoms with Crippen LogP contribution in [0, 0.1) is 5.92 Å². The fourth-order valence-electron chi connectivity index (χ4n) is 3.94. The van der Waals surface area contributed by atoms with Crippen molar-refractivity contribution < 1.29 is 9.21 Å². The Morgan fingerprint density at radius 3 is 2.50 bits per heavy atom. The van der Waals surface area contributed by atoms with Crippen LogP contribution in [-0.4, -0.2) is 40.1 Å². The second-order valence-electron chi connectivity index (χ2n) is 7.70. The molecule has 0 spiro atoms. The summed E-state index contributed by atoms with van der Waals surface area (Å²) in [6, 6.07) is 0.334. The normalized spacial score (nSPS) is 24.2. The van der Waals surface area contributed by atoms with E-state index in [1.54, 1.807) is 0 Å². The molecule has 2 aliphatic carbocycles. The van der Waals surface area contributed by atoms with Gasteiger partial charge in [0.2, 0.25) is 17.7 Å². The van der Waals surface area contributed by atoms with Crippen LogP contribution < -0.4 is 5.32 Å². The third kappa shape index (κ3) is 3.97. The lowest BCUT2D eigenvalue weighted by Crippen LogP contribution is -2.46. The van der Waals surface area contributed by atoms with Gasteiger partial charge in [0.15, 0.2) is 0 Å². The Balaban J connectivity index is 1.20. The number of amides is 1. The molecule has 3 aliphatic rings. The second kappa shape index (κ2) is 7.21. The van der Waals surface area contributed by atoms with E-state index in [0.717, 1.165) is 57.1 Å². The molecule has 4 rings (SSSR count). The molecule has 132 valence electrons. The third-order valence-electron chi connectivity index (χ3n) is 5.68. The number of nitrogens with zero attached hydrogens (tertiary/aromatic N) is 3. The number of hydrogen-bond donors (Lipinski definition) is 1. The summed E-state index contributed by atoms with van der Waals surface area (Å²) in [7, 11) is 0. The Morgan fingerprint density at radius 2 is 1.79 bits per heavy atom. The molecule has 2 saturated carbocycles. The number of likely N-dealkylation sites (tertiary alicyclic amines) is 1. The molecule has 3 fully saturated rings. The van der Waals surface area contributed by atoms with Crippen molar-refractivity contribution in [2.75, 3.05) is 13.1 Å². The van der Waals surface area contributed by atoms with Gasteiger partial charge >= 0.3 is 0 Å². The predicted octanol–water partition coefficient (Wildman–Crippen LogP) is 2.61. The van der Waals surface area contributed by atoms with E-state index in [2.05, 4.69) is 20.4 Å². The van der Waals surface area contributed by atoms with Crippen LogP contribution in [0.1, 0.15) is 75.5 Å². The van der Waals surface area contributed by atoms with Crippen molar-refractivity contribution in [3.05, 3.63) is 11.8 Å². The highest BCUT2D eigenvalue weighted by atomic mass is 16.4. The van der Waals surface area contributed by atoms with Crippen molar-refractivity contribution in [2.45, 2.75) is 76.3 Å². The van der Waals surface area contributed by atoms with E-state index in [9.17, 15) is 4.79 Å². The van der Waals surface area contributed by atoms with Gasteiger partial charge in [-0.2, -0.15) is 0 Å². The van der Waals surface area contributed by atoms with Crippen molar-refractivity contribution in [3.63, 3.8) is 0 Å². The fraction of sp³-hybridized carbons (Fsp3) is 0.833. The van der Waals surface area contributed by atoms with E-state index in [1.165, 1.54) is 32.1 Å². The molecule has 0 bridgehead atoms. The maximum atomic E-state index is 12.4. The quantitative estimate of drug-likeness (QED) is 0.897. The van der Waals surface area contributed by atoms with Gasteiger partial charge in [0.25, 0.3) is 0 Å². The molecule has 6 heteroatoms. The van der Waals surface area contributed by atoms with Gasteiger partial charge < -0.3 is 9.73 Å². The van der Waals surface area contributed by atoms with Crippen LogP contribution in [0.4, 0.5) is 0 Å². The zero-order valence-electron chi connectivity index (χ0n) is 14.4. The lowest BCUT2D eigenvalue weighted by Gasteiger charge is -2.32. The topological polar surface area (TPSA) is 71.3 Å². The Bertz CT molecular complexity index is 555. The lowest BCUT2D eigenvalue weighted by molar-refractivity contribution is -0.127. The maximum absolute atomic E-state index is 12.4. The summed E-state index contributed by atoms with van der Waals surface area (Å²) in [5, 5.41) is 11.6. The van der Waals surface area contributed by atoms with Gasteiger partial charge in [0.05, 0.1) is 6.54 Å². The molecule has 0 radical (unpaired) electrons. The maximum Gasteiger partial charge on any atom is 0.230 e. The van der Waals surface area contributed by atoms with Crippen LogP contribution >= 0.6 is 0 Å². The molecule has 1 amide bonds. The molecule has 1 saturated heterocycles. The average Bonchev–Trinajstić information content (AvgIpc) is 3.37. The van der Waals surface area contributed by atoms with E-state index < -0.39 is 0 Å². The van der Waals surface area contributed by atoms with E-state index >= 15 is 0 Å². The van der Waals surface area contributed by atoms with E-state index in [-0.39, 0.29) is 5.92 Å². The van der Waals surface area contributed by atoms with Crippen molar-refractivity contribution >= 4 is 5.91 Å². The van der Waals surface area contributed by atoms with Gasteiger partial charge in [-0.3, -0.25) is 9.69 Å². The minimum absolute atomic E-state index is 0.260. The van der Waals surface area contributed by atoms with Crippen LogP contribution in [0.2, 0.25) is 0 Å². The highest BCUT2D eigenvalue weighted by Gasteiger charge is 2.30. The fourth-order valence-corrected chi connectivity index (χ4v) is 3.94. The number of nitrogens with one attached hydrogen (secondary N) is 1. The number of piperidine rings is 1. The monoisotopic (exact) mass is 332 g/mol. The van der Waals surface area contributed by atoms with Crippen molar-refractivity contribution in [1.82, 2.24) is 20.4 Å². The zero-order chi connectivity index (χ0) is 16.4. The van der Waals surface area contributed by atoms with E-state index in [4.69, 9.17) is 4.42 Å². The first kappa shape index (κ1) is 16.1. The van der Waals surface area contributed by atoms with E-state index in [0.29, 0.717) is 17.9 Å². The van der Waals surface area contributed by atoms with Crippen LogP contribution in [0.15, 0.2) is 4.42 Å². The van der Waals surface area contributed by atoms with Gasteiger partial charge in [-0.15, -0.1) is 10.2 Å². The molecular formula is C18H28N4O2. The van der Waals surface area contributed by atoms with Gasteiger partial charge in [0, 0.05) is 31.0 Å². The molecule has 1 N–H and O–H groups in total. The van der Waals surface area contributed by atoms with Crippen molar-refractivity contribution in [1.29, 1.82) is 0 Å². The molecule has 0 unspecified atom stereocenters. The molecule has 1 aromatic rings. The summed E-state index contributed by atoms with van der Waals surface area (Å²) >= 11 is 0. The second-order valence-corrected chi connectivity index (χ2v) is 7.70. The average molecular weight is 332 g/mol. The minimum atomic E-state index is 0.260. The summed E-state index contributed by atoms with van der Waals surface area (Å²) in [5.74, 6) is 2.63. The van der Waals surface area contributed by atoms with Crippen LogP contribution in [-0.2, 0) is 11.3 Å². The first-order valence-electron chi connectivity index (χ1n) is 9.63. The van der Waals surface area contributed by atoms with E-state index in [1.807, 2.05) is 0 Å². The molecule has 1 aromatic heterocycles. The first-order chi connectivity index (χ1) is 11.8. The number of aromatic nitrogens is 2. The Labute approximate surface area is 143 Å². The third-order valence-corrected chi connectivity index (χ3v) is 5.68. The van der Waals surface area contributed by atoms with Crippen molar-refractivity contribution in [2.24, 2.45) is 5.92 Å². The molecule has 0 atom stereocenters. The molecule has 24 heavy (non-hydrogen) atoms. The van der Waals surface area contributed by atoms with Gasteiger partial charge in [0.1, 0.15) is 0 Å². The number of carbonyl (C=O) groups is 1. The smallest absolute Gasteiger partial charge is 0.230 e.